The Hall–Kier alpha value is -0.890. The molecule has 1 atom stereocenters. The predicted octanol–water partition coefficient (Wildman–Crippen LogP) is 3.61. The van der Waals surface area contributed by atoms with Gasteiger partial charge in [0.2, 0.25) is 0 Å². The molecule has 1 aromatic rings. The van der Waals surface area contributed by atoms with Crippen LogP contribution in [0.5, 0.6) is 0 Å². The van der Waals surface area contributed by atoms with E-state index in [4.69, 9.17) is 10.7 Å². The summed E-state index contributed by atoms with van der Waals surface area (Å²) in [6.45, 7) is 2.07. The maximum Gasteiger partial charge on any atom is 0.0579 e. The first-order valence-corrected chi connectivity index (χ1v) is 7.84. The molecule has 4 aliphatic carbocycles. The van der Waals surface area contributed by atoms with Gasteiger partial charge in [-0.2, -0.15) is 0 Å². The van der Waals surface area contributed by atoms with Crippen LogP contribution in [0.3, 0.4) is 0 Å². The number of hydrogen-bond donors (Lipinski definition) is 1. The van der Waals surface area contributed by atoms with Gasteiger partial charge >= 0.3 is 0 Å². The van der Waals surface area contributed by atoms with Gasteiger partial charge in [-0.15, -0.1) is 0 Å². The maximum absolute atomic E-state index is 6.70. The van der Waals surface area contributed by atoms with Gasteiger partial charge < -0.3 is 5.73 Å². The van der Waals surface area contributed by atoms with Crippen LogP contribution in [-0.2, 0) is 0 Å². The second kappa shape index (κ2) is 4.05. The topological polar surface area (TPSA) is 38.9 Å². The SMILES string of the molecule is Cc1cccc(C(N)C23CC4CC(CC(C4)C2)C3)n1. The lowest BCUT2D eigenvalue weighted by molar-refractivity contribution is -0.0684. The molecule has 102 valence electrons. The van der Waals surface area contributed by atoms with Crippen LogP contribution in [-0.4, -0.2) is 4.98 Å². The fourth-order valence-corrected chi connectivity index (χ4v) is 5.61. The van der Waals surface area contributed by atoms with Crippen LogP contribution in [0.15, 0.2) is 18.2 Å². The first kappa shape index (κ1) is 11.9. The van der Waals surface area contributed by atoms with Crippen LogP contribution in [0.1, 0.15) is 56.0 Å². The molecular weight excluding hydrogens is 232 g/mol. The minimum Gasteiger partial charge on any atom is -0.322 e. The zero-order chi connectivity index (χ0) is 13.0. The van der Waals surface area contributed by atoms with Crippen LogP contribution >= 0.6 is 0 Å². The number of aromatic nitrogens is 1. The molecule has 2 nitrogen and oxygen atoms in total. The monoisotopic (exact) mass is 256 g/mol. The molecule has 0 saturated heterocycles. The second-order valence-corrected chi connectivity index (χ2v) is 7.46. The molecular formula is C17H24N2. The normalized spacial score (nSPS) is 41.5. The van der Waals surface area contributed by atoms with Gasteiger partial charge in [0.05, 0.1) is 11.7 Å². The van der Waals surface area contributed by atoms with Crippen molar-refractivity contribution in [3.8, 4) is 0 Å². The van der Waals surface area contributed by atoms with E-state index in [1.54, 1.807) is 0 Å². The summed E-state index contributed by atoms with van der Waals surface area (Å²) in [5.41, 5.74) is 9.29. The predicted molar refractivity (Wildman–Crippen MR) is 76.5 cm³/mol. The molecule has 0 aliphatic heterocycles. The minimum absolute atomic E-state index is 0.154. The molecule has 4 saturated carbocycles. The summed E-state index contributed by atoms with van der Waals surface area (Å²) in [6, 6.07) is 6.46. The Labute approximate surface area is 115 Å². The third kappa shape index (κ3) is 1.84. The minimum atomic E-state index is 0.154. The average Bonchev–Trinajstić information content (AvgIpc) is 2.36. The van der Waals surface area contributed by atoms with E-state index in [1.807, 2.05) is 0 Å². The fraction of sp³-hybridized carbons (Fsp3) is 0.706. The van der Waals surface area contributed by atoms with Crippen molar-refractivity contribution < 1.29 is 0 Å². The number of pyridine rings is 1. The summed E-state index contributed by atoms with van der Waals surface area (Å²) in [6.07, 6.45) is 8.51. The van der Waals surface area contributed by atoms with E-state index >= 15 is 0 Å². The first-order valence-electron chi connectivity index (χ1n) is 7.84. The van der Waals surface area contributed by atoms with Gasteiger partial charge in [-0.3, -0.25) is 4.98 Å². The van der Waals surface area contributed by atoms with Crippen molar-refractivity contribution in [1.29, 1.82) is 0 Å². The molecule has 1 unspecified atom stereocenters. The van der Waals surface area contributed by atoms with Gasteiger partial charge in [-0.1, -0.05) is 6.07 Å². The Bertz CT molecular complexity index is 459. The Morgan fingerprint density at radius 1 is 1.11 bits per heavy atom. The largest absolute Gasteiger partial charge is 0.322 e. The van der Waals surface area contributed by atoms with Crippen LogP contribution < -0.4 is 5.73 Å². The van der Waals surface area contributed by atoms with E-state index in [1.165, 1.54) is 38.5 Å². The lowest BCUT2D eigenvalue weighted by Crippen LogP contribution is -2.51. The summed E-state index contributed by atoms with van der Waals surface area (Å²) in [7, 11) is 0. The smallest absolute Gasteiger partial charge is 0.0579 e. The quantitative estimate of drug-likeness (QED) is 0.878. The molecule has 2 heteroatoms. The molecule has 1 heterocycles. The third-order valence-corrected chi connectivity index (χ3v) is 5.97. The molecule has 0 amide bonds. The van der Waals surface area contributed by atoms with Gasteiger partial charge in [0, 0.05) is 5.69 Å². The number of nitrogens with zero attached hydrogens (tertiary/aromatic N) is 1. The Balaban J connectivity index is 1.68. The maximum atomic E-state index is 6.70. The fourth-order valence-electron chi connectivity index (χ4n) is 5.61. The highest BCUT2D eigenvalue weighted by atomic mass is 14.8. The molecule has 19 heavy (non-hydrogen) atoms. The Morgan fingerprint density at radius 3 is 2.21 bits per heavy atom. The highest BCUT2D eigenvalue weighted by Gasteiger charge is 2.53. The molecule has 0 spiro atoms. The van der Waals surface area contributed by atoms with E-state index < -0.39 is 0 Å². The zero-order valence-corrected chi connectivity index (χ0v) is 11.8. The molecule has 4 aliphatic rings. The molecule has 1 aromatic heterocycles. The lowest BCUT2D eigenvalue weighted by Gasteiger charge is -2.58. The van der Waals surface area contributed by atoms with E-state index in [2.05, 4.69) is 25.1 Å². The van der Waals surface area contributed by atoms with Crippen LogP contribution in [0.25, 0.3) is 0 Å². The van der Waals surface area contributed by atoms with E-state index in [-0.39, 0.29) is 6.04 Å². The van der Waals surface area contributed by atoms with Crippen molar-refractivity contribution in [2.45, 2.75) is 51.5 Å². The molecule has 0 radical (unpaired) electrons. The highest BCUT2D eigenvalue weighted by Crippen LogP contribution is 2.63. The van der Waals surface area contributed by atoms with Crippen LogP contribution in [0.4, 0.5) is 0 Å². The molecule has 4 fully saturated rings. The molecule has 0 aromatic carbocycles. The number of hydrogen-bond acceptors (Lipinski definition) is 2. The third-order valence-electron chi connectivity index (χ3n) is 5.97. The summed E-state index contributed by atoms with van der Waals surface area (Å²) >= 11 is 0. The Morgan fingerprint density at radius 2 is 1.68 bits per heavy atom. The van der Waals surface area contributed by atoms with Crippen molar-refractivity contribution in [2.24, 2.45) is 28.9 Å². The van der Waals surface area contributed by atoms with E-state index in [0.29, 0.717) is 5.41 Å². The zero-order valence-electron chi connectivity index (χ0n) is 11.8. The van der Waals surface area contributed by atoms with Crippen molar-refractivity contribution in [3.63, 3.8) is 0 Å². The average molecular weight is 256 g/mol. The van der Waals surface area contributed by atoms with E-state index in [0.717, 1.165) is 29.1 Å². The Kier molecular flexibility index (Phi) is 2.54. The lowest BCUT2D eigenvalue weighted by atomic mass is 9.47. The summed E-state index contributed by atoms with van der Waals surface area (Å²) in [5.74, 6) is 2.88. The number of rotatable bonds is 2. The van der Waals surface area contributed by atoms with Gasteiger partial charge in [-0.25, -0.2) is 0 Å². The van der Waals surface area contributed by atoms with Crippen molar-refractivity contribution in [1.82, 2.24) is 4.98 Å². The van der Waals surface area contributed by atoms with Crippen molar-refractivity contribution in [2.75, 3.05) is 0 Å². The second-order valence-electron chi connectivity index (χ2n) is 7.46. The van der Waals surface area contributed by atoms with Gasteiger partial charge in [0.25, 0.3) is 0 Å². The van der Waals surface area contributed by atoms with Crippen LogP contribution in [0.2, 0.25) is 0 Å². The van der Waals surface area contributed by atoms with Gasteiger partial charge in [0.1, 0.15) is 0 Å². The number of nitrogens with two attached hydrogens (primary N) is 1. The van der Waals surface area contributed by atoms with Crippen LogP contribution in [0, 0.1) is 30.1 Å². The summed E-state index contributed by atoms with van der Waals surface area (Å²) in [4.78, 5) is 4.71. The molecule has 2 N–H and O–H groups in total. The van der Waals surface area contributed by atoms with Gasteiger partial charge in [-0.05, 0) is 80.8 Å². The summed E-state index contributed by atoms with van der Waals surface area (Å²) in [5, 5.41) is 0. The summed E-state index contributed by atoms with van der Waals surface area (Å²) < 4.78 is 0. The molecule has 5 rings (SSSR count). The van der Waals surface area contributed by atoms with Crippen molar-refractivity contribution >= 4 is 0 Å². The highest BCUT2D eigenvalue weighted by molar-refractivity contribution is 5.18. The van der Waals surface area contributed by atoms with Crippen molar-refractivity contribution in [3.05, 3.63) is 29.6 Å². The molecule has 4 bridgehead atoms. The first-order chi connectivity index (χ1) is 9.14. The van der Waals surface area contributed by atoms with Gasteiger partial charge in [0.15, 0.2) is 0 Å². The van der Waals surface area contributed by atoms with E-state index in [9.17, 15) is 0 Å². The standard InChI is InChI=1S/C17H24N2/c1-11-3-2-4-15(19-11)16(18)17-8-12-5-13(9-17)7-14(6-12)10-17/h2-4,12-14,16H,5-10,18H2,1H3. The number of aryl methyl sites for hydroxylation is 1.